The van der Waals surface area contributed by atoms with Crippen molar-refractivity contribution in [2.75, 3.05) is 10.6 Å². The number of hydrogen-bond acceptors (Lipinski definition) is 4. The number of rotatable bonds is 5. The number of benzene rings is 3. The summed E-state index contributed by atoms with van der Waals surface area (Å²) in [6, 6.07) is 22.7. The normalized spacial score (nSPS) is 10.5. The molecule has 0 aliphatic carbocycles. The minimum atomic E-state index is -0.339. The minimum Gasteiger partial charge on any atom is -0.361 e. The summed E-state index contributed by atoms with van der Waals surface area (Å²) in [7, 11) is 0. The van der Waals surface area contributed by atoms with Gasteiger partial charge in [-0.05, 0) is 43.2 Å². The van der Waals surface area contributed by atoms with E-state index in [-0.39, 0.29) is 11.8 Å². The Morgan fingerprint density at radius 3 is 2.26 bits per heavy atom. The van der Waals surface area contributed by atoms with Gasteiger partial charge in [0, 0.05) is 22.5 Å². The lowest BCUT2D eigenvalue weighted by Crippen LogP contribution is -2.16. The van der Waals surface area contributed by atoms with Gasteiger partial charge in [0.05, 0.1) is 6.20 Å². The highest BCUT2D eigenvalue weighted by Gasteiger charge is 2.16. The lowest BCUT2D eigenvalue weighted by molar-refractivity contribution is 0.101. The molecule has 0 radical (unpaired) electrons. The van der Waals surface area contributed by atoms with Gasteiger partial charge in [0.1, 0.15) is 11.3 Å². The smallest absolute Gasteiger partial charge is 0.260 e. The highest BCUT2D eigenvalue weighted by atomic mass is 16.5. The van der Waals surface area contributed by atoms with Crippen LogP contribution in [0, 0.1) is 13.8 Å². The van der Waals surface area contributed by atoms with Crippen LogP contribution in [0.1, 0.15) is 32.0 Å². The Balaban J connectivity index is 1.57. The first-order chi connectivity index (χ1) is 15.0. The maximum Gasteiger partial charge on any atom is 0.260 e. The average Bonchev–Trinajstić information content (AvgIpc) is 3.22. The molecule has 1 aromatic heterocycles. The van der Waals surface area contributed by atoms with Crippen molar-refractivity contribution < 1.29 is 14.1 Å². The van der Waals surface area contributed by atoms with E-state index in [4.69, 9.17) is 4.52 Å². The fourth-order valence-electron chi connectivity index (χ4n) is 3.26. The molecule has 31 heavy (non-hydrogen) atoms. The quantitative estimate of drug-likeness (QED) is 0.456. The molecule has 6 nitrogen and oxygen atoms in total. The van der Waals surface area contributed by atoms with Crippen molar-refractivity contribution >= 4 is 23.2 Å². The van der Waals surface area contributed by atoms with Gasteiger partial charge in [0.2, 0.25) is 0 Å². The summed E-state index contributed by atoms with van der Waals surface area (Å²) >= 11 is 0. The molecule has 0 spiro atoms. The van der Waals surface area contributed by atoms with Gasteiger partial charge < -0.3 is 15.2 Å². The summed E-state index contributed by atoms with van der Waals surface area (Å²) in [5, 5.41) is 9.45. The van der Waals surface area contributed by atoms with Crippen LogP contribution < -0.4 is 10.6 Å². The van der Waals surface area contributed by atoms with Gasteiger partial charge in [0.25, 0.3) is 11.8 Å². The summed E-state index contributed by atoms with van der Waals surface area (Å²) < 4.78 is 4.95. The van der Waals surface area contributed by atoms with E-state index in [1.807, 2.05) is 61.5 Å². The van der Waals surface area contributed by atoms with Crippen molar-refractivity contribution in [3.05, 3.63) is 101 Å². The molecule has 6 heteroatoms. The number of amides is 2. The number of aromatic nitrogens is 1. The number of anilines is 2. The van der Waals surface area contributed by atoms with Crippen molar-refractivity contribution in [2.24, 2.45) is 0 Å². The molecule has 2 N–H and O–H groups in total. The lowest BCUT2D eigenvalue weighted by Gasteiger charge is -2.13. The zero-order valence-electron chi connectivity index (χ0n) is 17.2. The number of para-hydroxylation sites is 1. The zero-order chi connectivity index (χ0) is 21.8. The maximum atomic E-state index is 13.0. The maximum absolute atomic E-state index is 13.0. The second-order valence-electron chi connectivity index (χ2n) is 7.15. The Kier molecular flexibility index (Phi) is 5.62. The average molecular weight is 411 g/mol. The molecule has 4 rings (SSSR count). The summed E-state index contributed by atoms with van der Waals surface area (Å²) in [4.78, 5) is 25.5. The molecule has 0 unspecified atom stereocenters. The van der Waals surface area contributed by atoms with E-state index in [1.54, 1.807) is 25.1 Å². The number of aryl methyl sites for hydroxylation is 2. The highest BCUT2D eigenvalue weighted by molar-refractivity contribution is 6.09. The molecule has 0 fully saturated rings. The fraction of sp³-hybridized carbons (Fsp3) is 0.0800. The Hall–Kier alpha value is -4.19. The molecule has 0 saturated heterocycles. The third-order valence-corrected chi connectivity index (χ3v) is 5.00. The third-order valence-electron chi connectivity index (χ3n) is 5.00. The van der Waals surface area contributed by atoms with E-state index in [9.17, 15) is 9.59 Å². The molecule has 0 bridgehead atoms. The number of carbonyl (C=O) groups is 2. The molecule has 3 aromatic carbocycles. The number of carbonyl (C=O) groups excluding carboxylic acids is 2. The first-order valence-corrected chi connectivity index (χ1v) is 9.82. The van der Waals surface area contributed by atoms with Crippen LogP contribution in [0.15, 0.2) is 83.5 Å². The van der Waals surface area contributed by atoms with Gasteiger partial charge in [-0.25, -0.2) is 0 Å². The Morgan fingerprint density at radius 2 is 1.52 bits per heavy atom. The molecule has 0 aliphatic heterocycles. The molecule has 1 heterocycles. The van der Waals surface area contributed by atoms with Crippen LogP contribution in [0.4, 0.5) is 11.4 Å². The summed E-state index contributed by atoms with van der Waals surface area (Å²) in [6.07, 6.45) is 1.37. The third kappa shape index (κ3) is 4.38. The topological polar surface area (TPSA) is 84.2 Å². The second-order valence-corrected chi connectivity index (χ2v) is 7.15. The molecular formula is C25H21N3O3. The molecule has 154 valence electrons. The van der Waals surface area contributed by atoms with Crippen molar-refractivity contribution in [3.63, 3.8) is 0 Å². The van der Waals surface area contributed by atoms with Crippen LogP contribution >= 0.6 is 0 Å². The molecule has 0 saturated carbocycles. The Bertz CT molecular complexity index is 1250. The SMILES string of the molecule is Cc1ccc(C(=O)Nc2ccccc2-c2ccccc2)cc1NC(=O)c1cnoc1C. The largest absolute Gasteiger partial charge is 0.361 e. The van der Waals surface area contributed by atoms with Crippen LogP contribution in [0.2, 0.25) is 0 Å². The lowest BCUT2D eigenvalue weighted by atomic mass is 10.0. The zero-order valence-corrected chi connectivity index (χ0v) is 17.2. The summed E-state index contributed by atoms with van der Waals surface area (Å²) in [6.45, 7) is 3.53. The van der Waals surface area contributed by atoms with E-state index in [1.165, 1.54) is 6.20 Å². The molecule has 2 amide bonds. The van der Waals surface area contributed by atoms with E-state index < -0.39 is 0 Å². The van der Waals surface area contributed by atoms with Crippen molar-refractivity contribution in [3.8, 4) is 11.1 Å². The first-order valence-electron chi connectivity index (χ1n) is 9.82. The van der Waals surface area contributed by atoms with Crippen LogP contribution in [0.25, 0.3) is 11.1 Å². The van der Waals surface area contributed by atoms with Crippen LogP contribution in [-0.4, -0.2) is 17.0 Å². The molecule has 4 aromatic rings. The van der Waals surface area contributed by atoms with E-state index >= 15 is 0 Å². The van der Waals surface area contributed by atoms with Crippen LogP contribution in [0.5, 0.6) is 0 Å². The first kappa shape index (κ1) is 20.1. The predicted molar refractivity (Wildman–Crippen MR) is 120 cm³/mol. The second kappa shape index (κ2) is 8.67. The van der Waals surface area contributed by atoms with E-state index in [0.29, 0.717) is 28.3 Å². The van der Waals surface area contributed by atoms with Crippen molar-refractivity contribution in [1.82, 2.24) is 5.16 Å². The minimum absolute atomic E-state index is 0.264. The summed E-state index contributed by atoms with van der Waals surface area (Å²) in [5.41, 5.74) is 4.83. The van der Waals surface area contributed by atoms with Gasteiger partial charge >= 0.3 is 0 Å². The number of hydrogen-bond donors (Lipinski definition) is 2. The van der Waals surface area contributed by atoms with Gasteiger partial charge in [0.15, 0.2) is 0 Å². The van der Waals surface area contributed by atoms with Gasteiger partial charge in [-0.1, -0.05) is 59.8 Å². The predicted octanol–water partition coefficient (Wildman–Crippen LogP) is 5.46. The van der Waals surface area contributed by atoms with Crippen molar-refractivity contribution in [1.29, 1.82) is 0 Å². The molecular weight excluding hydrogens is 390 g/mol. The fourth-order valence-corrected chi connectivity index (χ4v) is 3.26. The Morgan fingerprint density at radius 1 is 0.806 bits per heavy atom. The number of nitrogens with zero attached hydrogens (tertiary/aromatic N) is 1. The highest BCUT2D eigenvalue weighted by Crippen LogP contribution is 2.28. The Labute approximate surface area is 179 Å². The van der Waals surface area contributed by atoms with Gasteiger partial charge in [-0.2, -0.15) is 0 Å². The van der Waals surface area contributed by atoms with Crippen molar-refractivity contribution in [2.45, 2.75) is 13.8 Å². The van der Waals surface area contributed by atoms with E-state index in [0.717, 1.165) is 16.7 Å². The van der Waals surface area contributed by atoms with Crippen LogP contribution in [0.3, 0.4) is 0 Å². The molecule has 0 atom stereocenters. The molecule has 0 aliphatic rings. The monoisotopic (exact) mass is 411 g/mol. The van der Waals surface area contributed by atoms with Gasteiger partial charge in [-0.15, -0.1) is 0 Å². The standard InChI is InChI=1S/C25H21N3O3/c1-16-12-13-19(14-23(16)28-25(30)21-15-26-31-17(21)2)24(29)27-22-11-7-6-10-20(22)18-8-4-3-5-9-18/h3-15H,1-2H3,(H,27,29)(H,28,30). The number of nitrogens with one attached hydrogen (secondary N) is 2. The van der Waals surface area contributed by atoms with Gasteiger partial charge in [-0.3, -0.25) is 9.59 Å². The van der Waals surface area contributed by atoms with Crippen LogP contribution in [-0.2, 0) is 0 Å². The summed E-state index contributed by atoms with van der Waals surface area (Å²) in [5.74, 6) is -0.171. The van der Waals surface area contributed by atoms with E-state index in [2.05, 4.69) is 15.8 Å².